The fourth-order valence-corrected chi connectivity index (χ4v) is 2.82. The minimum Gasteiger partial charge on any atom is -0.371 e. The second-order valence-electron chi connectivity index (χ2n) is 5.32. The maximum absolute atomic E-state index is 14.0. The van der Waals surface area contributed by atoms with Crippen molar-refractivity contribution in [2.75, 3.05) is 19.7 Å². The summed E-state index contributed by atoms with van der Waals surface area (Å²) in [5, 5.41) is 9.51. The monoisotopic (exact) mass is 296 g/mol. The molecular formula is C18H17FN2O. The minimum absolute atomic E-state index is 0.0856. The summed E-state index contributed by atoms with van der Waals surface area (Å²) < 4.78 is 19.8. The number of nitrogens with zero attached hydrogens (tertiary/aromatic N) is 2. The zero-order chi connectivity index (χ0) is 15.4. The molecule has 112 valence electrons. The van der Waals surface area contributed by atoms with E-state index in [-0.39, 0.29) is 11.9 Å². The molecule has 0 saturated carbocycles. The Morgan fingerprint density at radius 2 is 1.86 bits per heavy atom. The fourth-order valence-electron chi connectivity index (χ4n) is 2.82. The highest BCUT2D eigenvalue weighted by atomic mass is 19.1. The topological polar surface area (TPSA) is 36.3 Å². The Labute approximate surface area is 129 Å². The molecular weight excluding hydrogens is 279 g/mol. The van der Waals surface area contributed by atoms with Crippen LogP contribution in [0, 0.1) is 17.1 Å². The predicted molar refractivity (Wildman–Crippen MR) is 81.5 cm³/mol. The number of nitriles is 1. The highest BCUT2D eigenvalue weighted by Gasteiger charge is 2.29. The van der Waals surface area contributed by atoms with Crippen molar-refractivity contribution in [3.05, 3.63) is 71.5 Å². The number of ether oxygens (including phenoxy) is 1. The molecule has 0 radical (unpaired) electrons. The van der Waals surface area contributed by atoms with Gasteiger partial charge in [0.25, 0.3) is 0 Å². The maximum Gasteiger partial charge on any atom is 0.129 e. The molecule has 2 aromatic carbocycles. The first-order valence-corrected chi connectivity index (χ1v) is 7.34. The molecule has 3 nitrogen and oxygen atoms in total. The molecule has 1 fully saturated rings. The molecule has 2 atom stereocenters. The van der Waals surface area contributed by atoms with E-state index in [2.05, 4.69) is 6.07 Å². The summed E-state index contributed by atoms with van der Waals surface area (Å²) in [6, 6.07) is 18.0. The van der Waals surface area contributed by atoms with E-state index in [4.69, 9.17) is 4.74 Å². The van der Waals surface area contributed by atoms with E-state index in [0.29, 0.717) is 25.3 Å². The van der Waals surface area contributed by atoms with Gasteiger partial charge in [-0.1, -0.05) is 48.5 Å². The average molecular weight is 296 g/mol. The van der Waals surface area contributed by atoms with Gasteiger partial charge in [0.05, 0.1) is 18.8 Å². The van der Waals surface area contributed by atoms with Gasteiger partial charge in [0.2, 0.25) is 0 Å². The summed E-state index contributed by atoms with van der Waals surface area (Å²) in [6.45, 7) is 1.73. The van der Waals surface area contributed by atoms with E-state index in [1.54, 1.807) is 18.2 Å². The predicted octanol–water partition coefficient (Wildman–Crippen LogP) is 3.46. The standard InChI is InChI=1S/C18H17FN2O/c19-16-9-5-4-8-15(16)17(12-20)21-10-11-22-18(13-21)14-6-2-1-3-7-14/h1-9,17-18H,10-11,13H2. The molecule has 2 unspecified atom stereocenters. The average Bonchev–Trinajstić information content (AvgIpc) is 2.58. The van der Waals surface area contributed by atoms with Gasteiger partial charge >= 0.3 is 0 Å². The molecule has 0 N–H and O–H groups in total. The van der Waals surface area contributed by atoms with Gasteiger partial charge in [-0.15, -0.1) is 0 Å². The maximum atomic E-state index is 14.0. The summed E-state index contributed by atoms with van der Waals surface area (Å²) in [6.07, 6.45) is -0.0856. The minimum atomic E-state index is -0.587. The first kappa shape index (κ1) is 14.7. The first-order valence-electron chi connectivity index (χ1n) is 7.34. The van der Waals surface area contributed by atoms with Crippen molar-refractivity contribution in [2.45, 2.75) is 12.1 Å². The van der Waals surface area contributed by atoms with Crippen LogP contribution in [0.1, 0.15) is 23.3 Å². The molecule has 0 spiro atoms. The fraction of sp³-hybridized carbons (Fsp3) is 0.278. The molecule has 1 heterocycles. The molecule has 0 bridgehead atoms. The van der Waals surface area contributed by atoms with Gasteiger partial charge in [0.15, 0.2) is 0 Å². The van der Waals surface area contributed by atoms with E-state index in [9.17, 15) is 9.65 Å². The van der Waals surface area contributed by atoms with Crippen LogP contribution >= 0.6 is 0 Å². The second kappa shape index (κ2) is 6.69. The van der Waals surface area contributed by atoms with E-state index in [1.165, 1.54) is 6.07 Å². The summed E-state index contributed by atoms with van der Waals surface area (Å²) >= 11 is 0. The molecule has 0 aromatic heterocycles. The van der Waals surface area contributed by atoms with Crippen LogP contribution in [-0.2, 0) is 4.74 Å². The quantitative estimate of drug-likeness (QED) is 0.870. The molecule has 1 aliphatic heterocycles. The highest BCUT2D eigenvalue weighted by Crippen LogP contribution is 2.29. The Balaban J connectivity index is 1.82. The third-order valence-electron chi connectivity index (χ3n) is 3.96. The number of hydrogen-bond donors (Lipinski definition) is 0. The smallest absolute Gasteiger partial charge is 0.129 e. The number of morpholine rings is 1. The second-order valence-corrected chi connectivity index (χ2v) is 5.32. The van der Waals surface area contributed by atoms with E-state index < -0.39 is 6.04 Å². The molecule has 3 rings (SSSR count). The lowest BCUT2D eigenvalue weighted by Gasteiger charge is -2.35. The van der Waals surface area contributed by atoms with Gasteiger partial charge in [-0.05, 0) is 11.6 Å². The third kappa shape index (κ3) is 3.01. The number of hydrogen-bond acceptors (Lipinski definition) is 3. The van der Waals surface area contributed by atoms with Crippen LogP contribution in [0.4, 0.5) is 4.39 Å². The molecule has 4 heteroatoms. The van der Waals surface area contributed by atoms with Gasteiger partial charge in [0, 0.05) is 18.7 Å². The van der Waals surface area contributed by atoms with Crippen molar-refractivity contribution in [1.29, 1.82) is 5.26 Å². The van der Waals surface area contributed by atoms with Gasteiger partial charge < -0.3 is 4.74 Å². The molecule has 22 heavy (non-hydrogen) atoms. The first-order chi connectivity index (χ1) is 10.8. The summed E-state index contributed by atoms with van der Waals surface area (Å²) in [5.74, 6) is -0.336. The van der Waals surface area contributed by atoms with Crippen LogP contribution in [0.15, 0.2) is 54.6 Å². The van der Waals surface area contributed by atoms with Crippen LogP contribution in [-0.4, -0.2) is 24.6 Å². The van der Waals surface area contributed by atoms with Gasteiger partial charge in [-0.2, -0.15) is 5.26 Å². The Morgan fingerprint density at radius 1 is 1.14 bits per heavy atom. The Bertz CT molecular complexity index is 668. The highest BCUT2D eigenvalue weighted by molar-refractivity contribution is 5.26. The summed E-state index contributed by atoms with van der Waals surface area (Å²) in [5.41, 5.74) is 1.51. The van der Waals surface area contributed by atoms with Crippen LogP contribution in [0.2, 0.25) is 0 Å². The van der Waals surface area contributed by atoms with E-state index >= 15 is 0 Å². The zero-order valence-electron chi connectivity index (χ0n) is 12.2. The van der Waals surface area contributed by atoms with Crippen LogP contribution < -0.4 is 0 Å². The Hall–Kier alpha value is -2.22. The zero-order valence-corrected chi connectivity index (χ0v) is 12.2. The molecule has 1 saturated heterocycles. The van der Waals surface area contributed by atoms with Crippen molar-refractivity contribution in [1.82, 2.24) is 4.90 Å². The normalized spacial score (nSPS) is 20.3. The lowest BCUT2D eigenvalue weighted by molar-refractivity contribution is -0.0387. The lowest BCUT2D eigenvalue weighted by atomic mass is 10.0. The van der Waals surface area contributed by atoms with Crippen molar-refractivity contribution < 1.29 is 9.13 Å². The van der Waals surface area contributed by atoms with E-state index in [1.807, 2.05) is 35.2 Å². The largest absolute Gasteiger partial charge is 0.371 e. The van der Waals surface area contributed by atoms with Crippen LogP contribution in [0.25, 0.3) is 0 Å². The van der Waals surface area contributed by atoms with Gasteiger partial charge in [-0.25, -0.2) is 4.39 Å². The Kier molecular flexibility index (Phi) is 4.47. The summed E-state index contributed by atoms with van der Waals surface area (Å²) in [7, 11) is 0. The number of benzene rings is 2. The SMILES string of the molecule is N#CC(c1ccccc1F)N1CCOC(c2ccccc2)C1. The third-order valence-corrected chi connectivity index (χ3v) is 3.96. The van der Waals surface area contributed by atoms with Gasteiger partial charge in [0.1, 0.15) is 11.9 Å². The van der Waals surface area contributed by atoms with Gasteiger partial charge in [-0.3, -0.25) is 4.90 Å². The molecule has 2 aromatic rings. The molecule has 0 amide bonds. The van der Waals surface area contributed by atoms with E-state index in [0.717, 1.165) is 5.56 Å². The van der Waals surface area contributed by atoms with Crippen molar-refractivity contribution in [3.63, 3.8) is 0 Å². The van der Waals surface area contributed by atoms with Crippen molar-refractivity contribution in [3.8, 4) is 6.07 Å². The summed E-state index contributed by atoms with van der Waals surface area (Å²) in [4.78, 5) is 1.99. The lowest BCUT2D eigenvalue weighted by Crippen LogP contribution is -2.40. The van der Waals surface area contributed by atoms with Crippen LogP contribution in [0.5, 0.6) is 0 Å². The van der Waals surface area contributed by atoms with Crippen molar-refractivity contribution in [2.24, 2.45) is 0 Å². The van der Waals surface area contributed by atoms with Crippen LogP contribution in [0.3, 0.4) is 0 Å². The molecule has 0 aliphatic carbocycles. The number of halogens is 1. The van der Waals surface area contributed by atoms with Crippen molar-refractivity contribution >= 4 is 0 Å². The Morgan fingerprint density at radius 3 is 2.59 bits per heavy atom. The number of rotatable bonds is 3. The molecule has 1 aliphatic rings.